The van der Waals surface area contributed by atoms with Gasteiger partial charge in [0, 0.05) is 45.1 Å². The van der Waals surface area contributed by atoms with Gasteiger partial charge in [0.05, 0.1) is 19.7 Å². The van der Waals surface area contributed by atoms with Gasteiger partial charge >= 0.3 is 0 Å². The van der Waals surface area contributed by atoms with Crippen molar-refractivity contribution >= 4 is 11.8 Å². The summed E-state index contributed by atoms with van der Waals surface area (Å²) < 4.78 is 20.5. The fourth-order valence-corrected chi connectivity index (χ4v) is 4.33. The SMILES string of the molecule is COCCN(CC(=O)N(Cc1cccn1Cc1ccc(F)cc1)C1CCCCC1)C(C)=O. The van der Waals surface area contributed by atoms with Gasteiger partial charge in [-0.05, 0) is 42.7 Å². The predicted octanol–water partition coefficient (Wildman–Crippen LogP) is 3.83. The van der Waals surface area contributed by atoms with Crippen LogP contribution in [0, 0.1) is 5.82 Å². The van der Waals surface area contributed by atoms with Crippen LogP contribution in [0.25, 0.3) is 0 Å². The molecule has 32 heavy (non-hydrogen) atoms. The predicted molar refractivity (Wildman–Crippen MR) is 121 cm³/mol. The molecule has 1 aliphatic carbocycles. The molecule has 0 radical (unpaired) electrons. The maximum absolute atomic E-state index is 13.4. The molecule has 1 aliphatic rings. The van der Waals surface area contributed by atoms with E-state index in [-0.39, 0.29) is 30.2 Å². The minimum absolute atomic E-state index is 0.0299. The Morgan fingerprint density at radius 3 is 2.50 bits per heavy atom. The number of methoxy groups -OCH3 is 1. The summed E-state index contributed by atoms with van der Waals surface area (Å²) in [7, 11) is 1.59. The molecule has 0 unspecified atom stereocenters. The molecule has 0 spiro atoms. The van der Waals surface area contributed by atoms with Gasteiger partial charge in [0.2, 0.25) is 11.8 Å². The first-order chi connectivity index (χ1) is 15.5. The van der Waals surface area contributed by atoms with Gasteiger partial charge in [-0.25, -0.2) is 4.39 Å². The second kappa shape index (κ2) is 11.8. The zero-order chi connectivity index (χ0) is 22.9. The lowest BCUT2D eigenvalue weighted by Gasteiger charge is -2.36. The number of rotatable bonds is 10. The Morgan fingerprint density at radius 1 is 1.12 bits per heavy atom. The highest BCUT2D eigenvalue weighted by molar-refractivity contribution is 5.84. The van der Waals surface area contributed by atoms with Crippen molar-refractivity contribution in [2.24, 2.45) is 0 Å². The molecule has 1 aromatic carbocycles. The van der Waals surface area contributed by atoms with Gasteiger partial charge < -0.3 is 19.1 Å². The second-order valence-electron chi connectivity index (χ2n) is 8.50. The van der Waals surface area contributed by atoms with Crippen LogP contribution < -0.4 is 0 Å². The van der Waals surface area contributed by atoms with Crippen LogP contribution >= 0.6 is 0 Å². The van der Waals surface area contributed by atoms with Gasteiger partial charge in [-0.1, -0.05) is 31.4 Å². The maximum atomic E-state index is 13.4. The Morgan fingerprint density at radius 2 is 1.84 bits per heavy atom. The maximum Gasteiger partial charge on any atom is 0.242 e. The van der Waals surface area contributed by atoms with E-state index in [2.05, 4.69) is 4.57 Å². The lowest BCUT2D eigenvalue weighted by molar-refractivity contribution is -0.142. The van der Waals surface area contributed by atoms with Crippen molar-refractivity contribution in [3.05, 3.63) is 59.7 Å². The minimum Gasteiger partial charge on any atom is -0.383 e. The Labute approximate surface area is 189 Å². The molecule has 1 fully saturated rings. The van der Waals surface area contributed by atoms with Gasteiger partial charge in [-0.3, -0.25) is 9.59 Å². The van der Waals surface area contributed by atoms with Gasteiger partial charge in [0.25, 0.3) is 0 Å². The van der Waals surface area contributed by atoms with Crippen molar-refractivity contribution in [3.8, 4) is 0 Å². The summed E-state index contributed by atoms with van der Waals surface area (Å²) in [5.74, 6) is -0.407. The largest absolute Gasteiger partial charge is 0.383 e. The normalized spacial score (nSPS) is 14.3. The van der Waals surface area contributed by atoms with Crippen LogP contribution in [0.15, 0.2) is 42.6 Å². The molecule has 6 nitrogen and oxygen atoms in total. The fraction of sp³-hybridized carbons (Fsp3) is 0.520. The summed E-state index contributed by atoms with van der Waals surface area (Å²) in [6, 6.07) is 10.7. The molecule has 3 rings (SSSR count). The van der Waals surface area contributed by atoms with Crippen LogP contribution in [0.5, 0.6) is 0 Å². The smallest absolute Gasteiger partial charge is 0.242 e. The fourth-order valence-electron chi connectivity index (χ4n) is 4.33. The molecule has 0 atom stereocenters. The highest BCUT2D eigenvalue weighted by Crippen LogP contribution is 2.25. The molecule has 0 saturated heterocycles. The van der Waals surface area contributed by atoms with Gasteiger partial charge in [-0.2, -0.15) is 0 Å². The average Bonchev–Trinajstić information content (AvgIpc) is 3.23. The third-order valence-corrected chi connectivity index (χ3v) is 6.19. The van der Waals surface area contributed by atoms with E-state index in [4.69, 9.17) is 4.74 Å². The summed E-state index contributed by atoms with van der Waals surface area (Å²) in [5.41, 5.74) is 2.03. The van der Waals surface area contributed by atoms with E-state index < -0.39 is 0 Å². The zero-order valence-corrected chi connectivity index (χ0v) is 19.1. The third kappa shape index (κ3) is 6.66. The van der Waals surface area contributed by atoms with Crippen LogP contribution in [-0.4, -0.2) is 59.0 Å². The molecule has 1 heterocycles. The summed E-state index contributed by atoms with van der Waals surface area (Å²) in [6.45, 7) is 3.46. The van der Waals surface area contributed by atoms with E-state index >= 15 is 0 Å². The van der Waals surface area contributed by atoms with E-state index in [1.807, 2.05) is 23.2 Å². The Balaban J connectivity index is 1.76. The Bertz CT molecular complexity index is 875. The van der Waals surface area contributed by atoms with Crippen molar-refractivity contribution < 1.29 is 18.7 Å². The van der Waals surface area contributed by atoms with Gasteiger partial charge in [0.15, 0.2) is 0 Å². The lowest BCUT2D eigenvalue weighted by atomic mass is 9.94. The third-order valence-electron chi connectivity index (χ3n) is 6.19. The number of aromatic nitrogens is 1. The summed E-state index contributed by atoms with van der Waals surface area (Å²) in [4.78, 5) is 29.0. The number of nitrogens with zero attached hydrogens (tertiary/aromatic N) is 3. The number of hydrogen-bond donors (Lipinski definition) is 0. The molecule has 0 N–H and O–H groups in total. The number of benzene rings is 1. The molecule has 174 valence electrons. The molecule has 2 amide bonds. The molecule has 0 aliphatic heterocycles. The minimum atomic E-state index is -0.251. The highest BCUT2D eigenvalue weighted by atomic mass is 19.1. The molecule has 0 bridgehead atoms. The zero-order valence-electron chi connectivity index (χ0n) is 19.1. The summed E-state index contributed by atoms with van der Waals surface area (Å²) >= 11 is 0. The number of halogens is 1. The number of carbonyl (C=O) groups excluding carboxylic acids is 2. The molecular weight excluding hydrogens is 409 g/mol. The first-order valence-electron chi connectivity index (χ1n) is 11.4. The first-order valence-corrected chi connectivity index (χ1v) is 11.4. The van der Waals surface area contributed by atoms with E-state index in [1.54, 1.807) is 24.1 Å². The van der Waals surface area contributed by atoms with E-state index in [0.717, 1.165) is 36.9 Å². The van der Waals surface area contributed by atoms with Crippen molar-refractivity contribution in [1.82, 2.24) is 14.4 Å². The molecular formula is C25H34FN3O3. The molecule has 1 aromatic heterocycles. The highest BCUT2D eigenvalue weighted by Gasteiger charge is 2.28. The van der Waals surface area contributed by atoms with Crippen molar-refractivity contribution in [2.45, 2.75) is 58.2 Å². The van der Waals surface area contributed by atoms with E-state index in [0.29, 0.717) is 26.2 Å². The number of amides is 2. The quantitative estimate of drug-likeness (QED) is 0.561. The standard InChI is InChI=1S/C25H34FN3O3/c1-20(30)27(15-16-32-2)19-25(31)29(23-7-4-3-5-8-23)18-24-9-6-14-28(24)17-21-10-12-22(26)13-11-21/h6,9-14,23H,3-5,7-8,15-19H2,1-2H3. The topological polar surface area (TPSA) is 54.8 Å². The number of carbonyl (C=O) groups is 2. The number of hydrogen-bond acceptors (Lipinski definition) is 3. The number of ether oxygens (including phenoxy) is 1. The Kier molecular flexibility index (Phi) is 8.85. The Hall–Kier alpha value is -2.67. The first kappa shape index (κ1) is 24.0. The van der Waals surface area contributed by atoms with Crippen molar-refractivity contribution in [3.63, 3.8) is 0 Å². The second-order valence-corrected chi connectivity index (χ2v) is 8.50. The summed E-state index contributed by atoms with van der Waals surface area (Å²) in [5, 5.41) is 0. The van der Waals surface area contributed by atoms with Crippen LogP contribution in [0.1, 0.15) is 50.3 Å². The lowest BCUT2D eigenvalue weighted by Crippen LogP contribution is -2.47. The average molecular weight is 444 g/mol. The van der Waals surface area contributed by atoms with Crippen LogP contribution in [0.2, 0.25) is 0 Å². The monoisotopic (exact) mass is 443 g/mol. The molecule has 1 saturated carbocycles. The van der Waals surface area contributed by atoms with E-state index in [1.165, 1.54) is 25.5 Å². The van der Waals surface area contributed by atoms with Crippen LogP contribution in [-0.2, 0) is 27.4 Å². The summed E-state index contributed by atoms with van der Waals surface area (Å²) in [6.07, 6.45) is 7.40. The van der Waals surface area contributed by atoms with Crippen LogP contribution in [0.4, 0.5) is 4.39 Å². The van der Waals surface area contributed by atoms with Crippen LogP contribution in [0.3, 0.4) is 0 Å². The van der Waals surface area contributed by atoms with Gasteiger partial charge in [0.1, 0.15) is 5.82 Å². The van der Waals surface area contributed by atoms with Crippen molar-refractivity contribution in [2.75, 3.05) is 26.8 Å². The molecule has 7 heteroatoms. The van der Waals surface area contributed by atoms with Gasteiger partial charge in [-0.15, -0.1) is 0 Å². The molecule has 2 aromatic rings. The van der Waals surface area contributed by atoms with Crippen molar-refractivity contribution in [1.29, 1.82) is 0 Å². The van der Waals surface area contributed by atoms with E-state index in [9.17, 15) is 14.0 Å².